The van der Waals surface area contributed by atoms with Crippen molar-refractivity contribution in [2.45, 2.75) is 25.4 Å². The average molecular weight is 471 g/mol. The van der Waals surface area contributed by atoms with Crippen LogP contribution < -0.4 is 4.74 Å². The van der Waals surface area contributed by atoms with Crippen LogP contribution in [-0.2, 0) is 6.42 Å². The molecular weight excluding hydrogens is 436 g/mol. The number of hydrogen-bond donors (Lipinski definition) is 0. The third-order valence-corrected chi connectivity index (χ3v) is 6.79. The van der Waals surface area contributed by atoms with Crippen LogP contribution in [-0.4, -0.2) is 68.2 Å². The van der Waals surface area contributed by atoms with Gasteiger partial charge in [0.1, 0.15) is 24.4 Å². The smallest absolute Gasteiger partial charge is 0.150 e. The number of para-hydroxylation sites is 1. The molecule has 1 aliphatic heterocycles. The largest absolute Gasteiger partial charge is 0.490 e. The van der Waals surface area contributed by atoms with E-state index in [1.165, 1.54) is 5.56 Å². The van der Waals surface area contributed by atoms with Crippen molar-refractivity contribution >= 4 is 12.6 Å². The van der Waals surface area contributed by atoms with E-state index in [1.807, 2.05) is 18.2 Å². The highest BCUT2D eigenvalue weighted by atomic mass is 16.5. The molecule has 0 aromatic heterocycles. The van der Waals surface area contributed by atoms with Gasteiger partial charge in [0.05, 0.1) is 0 Å². The van der Waals surface area contributed by atoms with Gasteiger partial charge in [-0.15, -0.1) is 0 Å². The Morgan fingerprint density at radius 2 is 1.66 bits per heavy atom. The molecule has 1 heterocycles. The molecule has 0 N–H and O–H groups in total. The Kier molecular flexibility index (Phi) is 8.82. The van der Waals surface area contributed by atoms with Crippen molar-refractivity contribution in [3.63, 3.8) is 0 Å². The second-order valence-electron chi connectivity index (χ2n) is 9.27. The first-order valence-electron chi connectivity index (χ1n) is 12.4. The maximum atomic E-state index is 11.4. The van der Waals surface area contributed by atoms with E-state index in [-0.39, 0.29) is 6.10 Å². The number of likely N-dealkylation sites (N-methyl/N-ethyl adjacent to an activating group) is 1. The fourth-order valence-electron chi connectivity index (χ4n) is 4.62. The van der Waals surface area contributed by atoms with Crippen LogP contribution in [0.2, 0.25) is 0 Å². The Morgan fingerprint density at radius 1 is 0.914 bits per heavy atom. The Morgan fingerprint density at radius 3 is 2.40 bits per heavy atom. The number of aldehydes is 2. The summed E-state index contributed by atoms with van der Waals surface area (Å²) in [6, 6.07) is 24.1. The Labute approximate surface area is 208 Å². The Hall–Kier alpha value is -3.28. The van der Waals surface area contributed by atoms with Crippen molar-refractivity contribution in [2.24, 2.45) is 0 Å². The summed E-state index contributed by atoms with van der Waals surface area (Å²) in [5.74, 6) is 0.966. The van der Waals surface area contributed by atoms with Crippen LogP contribution in [0.15, 0.2) is 72.8 Å². The van der Waals surface area contributed by atoms with Crippen molar-refractivity contribution in [2.75, 3.05) is 39.8 Å². The lowest BCUT2D eigenvalue weighted by Gasteiger charge is -2.33. The zero-order valence-corrected chi connectivity index (χ0v) is 20.4. The molecule has 0 bridgehead atoms. The summed E-state index contributed by atoms with van der Waals surface area (Å²) in [6.45, 7) is 4.94. The van der Waals surface area contributed by atoms with Crippen LogP contribution in [0.1, 0.15) is 39.1 Å². The lowest BCUT2D eigenvalue weighted by atomic mass is 10.0. The van der Waals surface area contributed by atoms with Crippen LogP contribution >= 0.6 is 0 Å². The monoisotopic (exact) mass is 470 g/mol. The van der Waals surface area contributed by atoms with Crippen molar-refractivity contribution in [3.05, 3.63) is 89.5 Å². The van der Waals surface area contributed by atoms with E-state index in [4.69, 9.17) is 4.74 Å². The number of carbonyl (C=O) groups excluding carboxylic acids is 2. The third kappa shape index (κ3) is 6.87. The molecule has 0 spiro atoms. The molecule has 5 nitrogen and oxygen atoms in total. The highest BCUT2D eigenvalue weighted by Crippen LogP contribution is 2.31. The number of ether oxygens (including phenoxy) is 1. The zero-order valence-electron chi connectivity index (χ0n) is 20.4. The molecule has 0 radical (unpaired) electrons. The van der Waals surface area contributed by atoms with Crippen molar-refractivity contribution < 1.29 is 14.3 Å². The second-order valence-corrected chi connectivity index (χ2v) is 9.27. The highest BCUT2D eigenvalue weighted by molar-refractivity contribution is 5.83. The summed E-state index contributed by atoms with van der Waals surface area (Å²) in [4.78, 5) is 27.1. The molecule has 0 atom stereocenters. The maximum absolute atomic E-state index is 11.4. The first kappa shape index (κ1) is 24.8. The fourth-order valence-corrected chi connectivity index (χ4v) is 4.62. The highest BCUT2D eigenvalue weighted by Gasteiger charge is 2.21. The number of rotatable bonds is 11. The maximum Gasteiger partial charge on any atom is 0.150 e. The number of nitrogens with zero attached hydrogens (tertiary/aromatic N) is 2. The normalized spacial score (nSPS) is 14.7. The predicted molar refractivity (Wildman–Crippen MR) is 140 cm³/mol. The van der Waals surface area contributed by atoms with Crippen molar-refractivity contribution in [1.82, 2.24) is 9.80 Å². The lowest BCUT2D eigenvalue weighted by molar-refractivity contribution is 0.0955. The van der Waals surface area contributed by atoms with Gasteiger partial charge < -0.3 is 14.5 Å². The molecule has 5 heteroatoms. The quantitative estimate of drug-likeness (QED) is 0.369. The topological polar surface area (TPSA) is 49.9 Å². The van der Waals surface area contributed by atoms with Crippen molar-refractivity contribution in [3.8, 4) is 16.9 Å². The summed E-state index contributed by atoms with van der Waals surface area (Å²) in [7, 11) is 2.12. The Bertz CT molecular complexity index is 1110. The van der Waals surface area contributed by atoms with E-state index >= 15 is 0 Å². The van der Waals surface area contributed by atoms with Crippen LogP contribution in [0.4, 0.5) is 0 Å². The molecule has 1 fully saturated rings. The Balaban J connectivity index is 1.21. The van der Waals surface area contributed by atoms with Gasteiger partial charge in [0.25, 0.3) is 0 Å². The molecule has 0 saturated carbocycles. The van der Waals surface area contributed by atoms with E-state index in [1.54, 1.807) is 12.1 Å². The molecular formula is C30H34N2O3. The van der Waals surface area contributed by atoms with E-state index in [0.717, 1.165) is 81.4 Å². The molecule has 0 aliphatic carbocycles. The number of piperidine rings is 1. The van der Waals surface area contributed by atoms with Gasteiger partial charge in [-0.3, -0.25) is 9.59 Å². The van der Waals surface area contributed by atoms with E-state index in [9.17, 15) is 9.59 Å². The van der Waals surface area contributed by atoms with Crippen LogP contribution in [0.25, 0.3) is 11.1 Å². The van der Waals surface area contributed by atoms with E-state index in [0.29, 0.717) is 11.1 Å². The van der Waals surface area contributed by atoms with Crippen LogP contribution in [0, 0.1) is 0 Å². The van der Waals surface area contributed by atoms with E-state index in [2.05, 4.69) is 59.3 Å². The van der Waals surface area contributed by atoms with Gasteiger partial charge in [0.2, 0.25) is 0 Å². The molecule has 3 aromatic carbocycles. The molecule has 1 saturated heterocycles. The summed E-state index contributed by atoms with van der Waals surface area (Å²) >= 11 is 0. The van der Waals surface area contributed by atoms with Gasteiger partial charge >= 0.3 is 0 Å². The van der Waals surface area contributed by atoms with Gasteiger partial charge in [-0.25, -0.2) is 0 Å². The van der Waals surface area contributed by atoms with Crippen molar-refractivity contribution in [1.29, 1.82) is 0 Å². The standard InChI is InChI=1S/C30H34N2O3/c1-31(16-13-25-12-11-24(22-33)21-27(25)23-34)19-20-32-17-14-28(15-18-32)35-30-10-6-5-9-29(30)26-7-3-2-4-8-26/h2-12,21-23,28H,13-20H2,1H3. The second kappa shape index (κ2) is 12.4. The number of hydrogen-bond acceptors (Lipinski definition) is 5. The summed E-state index contributed by atoms with van der Waals surface area (Å²) < 4.78 is 6.45. The van der Waals surface area contributed by atoms with Gasteiger partial charge in [0.15, 0.2) is 0 Å². The molecule has 182 valence electrons. The molecule has 4 rings (SSSR count). The summed E-state index contributed by atoms with van der Waals surface area (Å²) in [5, 5.41) is 0. The molecule has 0 unspecified atom stereocenters. The first-order chi connectivity index (χ1) is 17.2. The minimum Gasteiger partial charge on any atom is -0.490 e. The fraction of sp³-hybridized carbons (Fsp3) is 0.333. The average Bonchev–Trinajstić information content (AvgIpc) is 2.92. The molecule has 0 amide bonds. The summed E-state index contributed by atoms with van der Waals surface area (Å²) in [5.41, 5.74) is 4.48. The lowest BCUT2D eigenvalue weighted by Crippen LogP contribution is -2.42. The molecule has 1 aliphatic rings. The zero-order chi connectivity index (χ0) is 24.5. The molecule has 35 heavy (non-hydrogen) atoms. The van der Waals surface area contributed by atoms with E-state index < -0.39 is 0 Å². The first-order valence-corrected chi connectivity index (χ1v) is 12.4. The van der Waals surface area contributed by atoms with Gasteiger partial charge in [-0.1, -0.05) is 60.7 Å². The third-order valence-electron chi connectivity index (χ3n) is 6.79. The van der Waals surface area contributed by atoms with Gasteiger partial charge in [-0.05, 0) is 49.6 Å². The minimum atomic E-state index is 0.241. The SMILES string of the molecule is CN(CCc1ccc(C=O)cc1C=O)CCN1CCC(Oc2ccccc2-c2ccccc2)CC1. The number of carbonyl (C=O) groups is 2. The minimum absolute atomic E-state index is 0.241. The van der Waals surface area contributed by atoms with Gasteiger partial charge in [-0.2, -0.15) is 0 Å². The predicted octanol–water partition coefficient (Wildman–Crippen LogP) is 5.00. The summed E-state index contributed by atoms with van der Waals surface area (Å²) in [6.07, 6.45) is 4.70. The van der Waals surface area contributed by atoms with Crippen LogP contribution in [0.3, 0.4) is 0 Å². The van der Waals surface area contributed by atoms with Gasteiger partial charge in [0, 0.05) is 49.4 Å². The number of likely N-dealkylation sites (tertiary alicyclic amines) is 1. The van der Waals surface area contributed by atoms with Crippen LogP contribution in [0.5, 0.6) is 5.75 Å². The molecule has 3 aromatic rings. The number of benzene rings is 3.